The molecule has 21 heavy (non-hydrogen) atoms. The standard InChI is InChI=1S/C12H11B4NO4/c1-11(15,17(2)10(13)14)9(18)6-3-4-7-8(5-6)21-12(16,19)20-7/h3-5,10,19H,1-2H3. The highest BCUT2D eigenvalue weighted by atomic mass is 16.8. The van der Waals surface area contributed by atoms with Crippen LogP contribution in [0.5, 0.6) is 11.5 Å². The number of ketones is 1. The molecule has 0 saturated heterocycles. The van der Waals surface area contributed by atoms with E-state index in [1.807, 2.05) is 0 Å². The SMILES string of the molecule is [B]C([B])N(C)C([B])(C)C(=O)c1ccc2c(c1)OC([B])(O)O2. The van der Waals surface area contributed by atoms with Crippen molar-refractivity contribution in [2.75, 3.05) is 7.05 Å². The Hall–Kier alpha value is -1.33. The summed E-state index contributed by atoms with van der Waals surface area (Å²) < 4.78 is 9.88. The van der Waals surface area contributed by atoms with Gasteiger partial charge in [-0.15, -0.1) is 0 Å². The van der Waals surface area contributed by atoms with Gasteiger partial charge in [0, 0.05) is 11.0 Å². The third-order valence-electron chi connectivity index (χ3n) is 3.36. The van der Waals surface area contributed by atoms with Crippen LogP contribution in [-0.4, -0.2) is 71.4 Å². The zero-order valence-electron chi connectivity index (χ0n) is 11.7. The molecule has 0 saturated carbocycles. The molecule has 8 radical (unpaired) electrons. The van der Waals surface area contributed by atoms with Crippen LogP contribution < -0.4 is 9.47 Å². The van der Waals surface area contributed by atoms with Crippen LogP contribution in [0, 0.1) is 0 Å². The molecule has 0 spiro atoms. The zero-order valence-corrected chi connectivity index (χ0v) is 11.7. The number of rotatable bonds is 4. The molecule has 1 aliphatic rings. The summed E-state index contributed by atoms with van der Waals surface area (Å²) in [6, 6.07) is 4.31. The van der Waals surface area contributed by atoms with Crippen LogP contribution in [0.1, 0.15) is 17.3 Å². The molecule has 0 fully saturated rings. The van der Waals surface area contributed by atoms with Crippen molar-refractivity contribution in [3.05, 3.63) is 23.8 Å². The summed E-state index contributed by atoms with van der Waals surface area (Å²) in [7, 11) is 23.9. The number of fused-ring (bicyclic) bond motifs is 1. The van der Waals surface area contributed by atoms with Gasteiger partial charge in [-0.2, -0.15) is 0 Å². The van der Waals surface area contributed by atoms with Gasteiger partial charge in [0.05, 0.1) is 15.7 Å². The molecule has 2 unspecified atom stereocenters. The maximum atomic E-state index is 12.5. The summed E-state index contributed by atoms with van der Waals surface area (Å²) in [5.74, 6) is -3.20. The van der Waals surface area contributed by atoms with Crippen LogP contribution in [0.4, 0.5) is 0 Å². The maximum Gasteiger partial charge on any atom is 0.302 e. The molecule has 0 amide bonds. The summed E-state index contributed by atoms with van der Waals surface area (Å²) in [5, 5.41) is 9.45. The van der Waals surface area contributed by atoms with Crippen molar-refractivity contribution in [1.29, 1.82) is 0 Å². The van der Waals surface area contributed by atoms with Gasteiger partial charge in [-0.25, -0.2) is 0 Å². The number of carbonyl (C=O) groups excluding carboxylic acids is 1. The normalized spacial score (nSPS) is 23.3. The molecule has 0 aromatic heterocycles. The second kappa shape index (κ2) is 5.14. The minimum atomic E-state index is -2.24. The van der Waals surface area contributed by atoms with Crippen LogP contribution >= 0.6 is 0 Å². The number of aliphatic hydroxyl groups is 1. The smallest absolute Gasteiger partial charge is 0.302 e. The molecular formula is C12H11B4NO4. The molecule has 1 aliphatic heterocycles. The first-order valence-electron chi connectivity index (χ1n) is 6.16. The highest BCUT2D eigenvalue weighted by Gasteiger charge is 2.37. The molecule has 0 aliphatic carbocycles. The van der Waals surface area contributed by atoms with Crippen molar-refractivity contribution >= 4 is 37.2 Å². The number of hydrogen-bond acceptors (Lipinski definition) is 5. The first kappa shape index (κ1) is 16.0. The Labute approximate surface area is 128 Å². The average Bonchev–Trinajstić information content (AvgIpc) is 2.69. The van der Waals surface area contributed by atoms with E-state index in [1.165, 1.54) is 37.1 Å². The average molecular weight is 276 g/mol. The van der Waals surface area contributed by atoms with Gasteiger partial charge < -0.3 is 19.5 Å². The van der Waals surface area contributed by atoms with E-state index < -0.39 is 22.9 Å². The van der Waals surface area contributed by atoms with Gasteiger partial charge in [0.2, 0.25) is 7.85 Å². The lowest BCUT2D eigenvalue weighted by atomic mass is 9.67. The van der Waals surface area contributed by atoms with Gasteiger partial charge in [0.25, 0.3) is 0 Å². The summed E-state index contributed by atoms with van der Waals surface area (Å²) >= 11 is 0. The molecule has 2 rings (SSSR count). The van der Waals surface area contributed by atoms with Gasteiger partial charge in [0.1, 0.15) is 7.85 Å². The van der Waals surface area contributed by atoms with Crippen LogP contribution in [0.25, 0.3) is 0 Å². The predicted molar refractivity (Wildman–Crippen MR) is 80.0 cm³/mol. The highest BCUT2D eigenvalue weighted by Crippen LogP contribution is 2.38. The Balaban J connectivity index is 2.30. The Kier molecular flexibility index (Phi) is 3.93. The van der Waals surface area contributed by atoms with E-state index in [-0.39, 0.29) is 17.1 Å². The van der Waals surface area contributed by atoms with E-state index in [0.29, 0.717) is 0 Å². The Morgan fingerprint density at radius 2 is 1.95 bits per heavy atom. The number of benzene rings is 1. The van der Waals surface area contributed by atoms with Crippen molar-refractivity contribution in [3.63, 3.8) is 0 Å². The molecule has 9 heteroatoms. The molecular weight excluding hydrogens is 265 g/mol. The third-order valence-corrected chi connectivity index (χ3v) is 3.36. The number of ether oxygens (including phenoxy) is 2. The Morgan fingerprint density at radius 3 is 2.52 bits per heavy atom. The second-order valence-electron chi connectivity index (χ2n) is 5.07. The van der Waals surface area contributed by atoms with E-state index in [9.17, 15) is 9.90 Å². The first-order valence-corrected chi connectivity index (χ1v) is 6.16. The monoisotopic (exact) mass is 277 g/mol. The number of nitrogens with zero attached hydrogens (tertiary/aromatic N) is 1. The van der Waals surface area contributed by atoms with Crippen LogP contribution in [0.2, 0.25) is 0 Å². The van der Waals surface area contributed by atoms with Crippen molar-refractivity contribution in [1.82, 2.24) is 4.90 Å². The summed E-state index contributed by atoms with van der Waals surface area (Å²) in [6.45, 7) is 1.49. The molecule has 1 heterocycles. The second-order valence-corrected chi connectivity index (χ2v) is 5.07. The first-order chi connectivity index (χ1) is 9.54. The maximum absolute atomic E-state index is 12.5. The fourth-order valence-corrected chi connectivity index (χ4v) is 1.91. The lowest BCUT2D eigenvalue weighted by molar-refractivity contribution is -0.178. The molecule has 1 aromatic rings. The van der Waals surface area contributed by atoms with Gasteiger partial charge in [-0.05, 0) is 32.2 Å². The molecule has 0 bridgehead atoms. The predicted octanol–water partition coefficient (Wildman–Crippen LogP) is -1.15. The lowest BCUT2D eigenvalue weighted by Crippen LogP contribution is -2.55. The van der Waals surface area contributed by atoms with Crippen LogP contribution in [-0.2, 0) is 0 Å². The van der Waals surface area contributed by atoms with E-state index >= 15 is 0 Å². The van der Waals surface area contributed by atoms with Crippen molar-refractivity contribution in [2.24, 2.45) is 0 Å². The zero-order chi connectivity index (χ0) is 16.0. The highest BCUT2D eigenvalue weighted by molar-refractivity contribution is 6.38. The summed E-state index contributed by atoms with van der Waals surface area (Å²) in [5.41, 5.74) is -1.17. The summed E-state index contributed by atoms with van der Waals surface area (Å²) in [6.07, 6.45) is 0. The van der Waals surface area contributed by atoms with E-state index in [1.54, 1.807) is 0 Å². The third kappa shape index (κ3) is 2.99. The largest absolute Gasteiger partial charge is 0.435 e. The Bertz CT molecular complexity index is 576. The number of Topliss-reactive ketones (excluding diaryl/α,β-unsaturated/α-hetero) is 1. The Morgan fingerprint density at radius 1 is 1.38 bits per heavy atom. The van der Waals surface area contributed by atoms with Crippen LogP contribution in [0.15, 0.2) is 18.2 Å². The number of hydrogen-bond donors (Lipinski definition) is 1. The molecule has 2 atom stereocenters. The van der Waals surface area contributed by atoms with Gasteiger partial charge >= 0.3 is 5.87 Å². The van der Waals surface area contributed by atoms with Crippen molar-refractivity contribution in [2.45, 2.75) is 24.1 Å². The van der Waals surface area contributed by atoms with Gasteiger partial charge in [-0.1, -0.05) is 5.84 Å². The number of carbonyl (C=O) groups is 1. The topological polar surface area (TPSA) is 59.0 Å². The lowest BCUT2D eigenvalue weighted by Gasteiger charge is -2.38. The van der Waals surface area contributed by atoms with Crippen LogP contribution in [0.3, 0.4) is 0 Å². The molecule has 5 nitrogen and oxygen atoms in total. The fourth-order valence-electron chi connectivity index (χ4n) is 1.91. The van der Waals surface area contributed by atoms with Crippen molar-refractivity contribution < 1.29 is 19.4 Å². The fraction of sp³-hybridized carbons (Fsp3) is 0.417. The molecule has 1 aromatic carbocycles. The van der Waals surface area contributed by atoms with E-state index in [2.05, 4.69) is 0 Å². The minimum Gasteiger partial charge on any atom is -0.435 e. The van der Waals surface area contributed by atoms with Gasteiger partial charge in [0.15, 0.2) is 17.3 Å². The number of likely N-dealkylation sites (N-methyl/N-ethyl adjacent to an activating group) is 1. The van der Waals surface area contributed by atoms with Crippen molar-refractivity contribution in [3.8, 4) is 11.5 Å². The van der Waals surface area contributed by atoms with E-state index in [4.69, 9.17) is 40.9 Å². The quantitative estimate of drug-likeness (QED) is 0.556. The van der Waals surface area contributed by atoms with E-state index in [0.717, 1.165) is 0 Å². The minimum absolute atomic E-state index is 0.140. The molecule has 1 N–H and O–H groups in total. The molecule has 100 valence electrons. The summed E-state index contributed by atoms with van der Waals surface area (Å²) in [4.78, 5) is 13.8. The van der Waals surface area contributed by atoms with Gasteiger partial charge in [-0.3, -0.25) is 4.79 Å².